The largest absolute Gasteiger partial charge is 0.352 e. The van der Waals surface area contributed by atoms with E-state index in [4.69, 9.17) is 0 Å². The minimum Gasteiger partial charge on any atom is -0.352 e. The van der Waals surface area contributed by atoms with Crippen molar-refractivity contribution in [1.29, 1.82) is 0 Å². The van der Waals surface area contributed by atoms with Crippen molar-refractivity contribution in [1.82, 2.24) is 10.2 Å². The van der Waals surface area contributed by atoms with E-state index in [1.807, 2.05) is 73.7 Å². The summed E-state index contributed by atoms with van der Waals surface area (Å²) in [6, 6.07) is 32.2. The molecule has 0 aliphatic heterocycles. The predicted octanol–water partition coefficient (Wildman–Crippen LogP) is 7.01. The molecular formula is C39H45N3O4S. The topological polar surface area (TPSA) is 86.8 Å². The van der Waals surface area contributed by atoms with Gasteiger partial charge < -0.3 is 10.2 Å². The highest BCUT2D eigenvalue weighted by molar-refractivity contribution is 7.92. The van der Waals surface area contributed by atoms with Gasteiger partial charge in [0.05, 0.1) is 10.6 Å². The van der Waals surface area contributed by atoms with Crippen molar-refractivity contribution in [3.63, 3.8) is 0 Å². The number of rotatable bonds is 13. The Balaban J connectivity index is 1.56. The number of benzene rings is 4. The third-order valence-electron chi connectivity index (χ3n) is 8.90. The van der Waals surface area contributed by atoms with Crippen LogP contribution in [0.15, 0.2) is 114 Å². The van der Waals surface area contributed by atoms with Gasteiger partial charge in [0.2, 0.25) is 11.8 Å². The van der Waals surface area contributed by atoms with Gasteiger partial charge >= 0.3 is 0 Å². The van der Waals surface area contributed by atoms with Gasteiger partial charge in [-0.1, -0.05) is 117 Å². The lowest BCUT2D eigenvalue weighted by Gasteiger charge is -2.34. The second kappa shape index (κ2) is 15.4. The maximum atomic E-state index is 14.7. The fraction of sp³-hybridized carbons (Fsp3) is 0.333. The zero-order valence-electron chi connectivity index (χ0n) is 27.5. The van der Waals surface area contributed by atoms with Crippen molar-refractivity contribution in [3.8, 4) is 0 Å². The summed E-state index contributed by atoms with van der Waals surface area (Å²) in [4.78, 5) is 30.5. The van der Waals surface area contributed by atoms with Crippen LogP contribution in [0.2, 0.25) is 0 Å². The van der Waals surface area contributed by atoms with Crippen LogP contribution in [0.25, 0.3) is 0 Å². The van der Waals surface area contributed by atoms with Crippen molar-refractivity contribution in [2.75, 3.05) is 10.8 Å². The van der Waals surface area contributed by atoms with Crippen LogP contribution in [-0.2, 0) is 32.6 Å². The van der Waals surface area contributed by atoms with Gasteiger partial charge in [-0.15, -0.1) is 0 Å². The van der Waals surface area contributed by atoms with Crippen LogP contribution < -0.4 is 9.62 Å². The fourth-order valence-electron chi connectivity index (χ4n) is 6.09. The van der Waals surface area contributed by atoms with Crippen molar-refractivity contribution < 1.29 is 18.0 Å². The second-order valence-electron chi connectivity index (χ2n) is 12.8. The van der Waals surface area contributed by atoms with E-state index < -0.39 is 28.5 Å². The lowest BCUT2D eigenvalue weighted by molar-refractivity contribution is -0.140. The second-order valence-corrected chi connectivity index (χ2v) is 14.6. The summed E-state index contributed by atoms with van der Waals surface area (Å²) in [5.74, 6) is -0.424. The number of hydrogen-bond donors (Lipinski definition) is 1. The van der Waals surface area contributed by atoms with Crippen LogP contribution in [-0.4, -0.2) is 43.8 Å². The third kappa shape index (κ3) is 8.69. The predicted molar refractivity (Wildman–Crippen MR) is 188 cm³/mol. The normalized spacial score (nSPS) is 14.1. The van der Waals surface area contributed by atoms with E-state index in [0.717, 1.165) is 47.9 Å². The van der Waals surface area contributed by atoms with Gasteiger partial charge in [-0.3, -0.25) is 13.9 Å². The van der Waals surface area contributed by atoms with E-state index in [-0.39, 0.29) is 29.3 Å². The Morgan fingerprint density at radius 1 is 0.787 bits per heavy atom. The highest BCUT2D eigenvalue weighted by atomic mass is 32.2. The molecule has 0 saturated heterocycles. The molecule has 5 rings (SSSR count). The van der Waals surface area contributed by atoms with E-state index >= 15 is 0 Å². The molecule has 0 heterocycles. The van der Waals surface area contributed by atoms with Crippen molar-refractivity contribution in [2.45, 2.75) is 82.3 Å². The summed E-state index contributed by atoms with van der Waals surface area (Å²) in [6.07, 6.45) is 4.23. The molecule has 0 bridgehead atoms. The minimum atomic E-state index is -4.13. The van der Waals surface area contributed by atoms with Crippen LogP contribution in [0.5, 0.6) is 0 Å². The van der Waals surface area contributed by atoms with Crippen molar-refractivity contribution in [3.05, 3.63) is 131 Å². The number of amides is 2. The zero-order chi connectivity index (χ0) is 33.4. The lowest BCUT2D eigenvalue weighted by Crippen LogP contribution is -2.54. The first-order chi connectivity index (χ1) is 22.6. The molecule has 7 nitrogen and oxygen atoms in total. The summed E-state index contributed by atoms with van der Waals surface area (Å²) in [7, 11) is -4.13. The van der Waals surface area contributed by atoms with Crippen LogP contribution in [0.1, 0.15) is 67.7 Å². The first kappa shape index (κ1) is 33.9. The van der Waals surface area contributed by atoms with E-state index in [9.17, 15) is 18.0 Å². The van der Waals surface area contributed by atoms with E-state index in [1.54, 1.807) is 35.2 Å². The third-order valence-corrected chi connectivity index (χ3v) is 10.7. The van der Waals surface area contributed by atoms with Crippen LogP contribution in [0, 0.1) is 6.92 Å². The highest BCUT2D eigenvalue weighted by Gasteiger charge is 2.35. The summed E-state index contributed by atoms with van der Waals surface area (Å²) < 4.78 is 29.6. The summed E-state index contributed by atoms with van der Waals surface area (Å²) in [6.45, 7) is 5.83. The number of carbonyl (C=O) groups excluding carboxylic acids is 2. The Kier molecular flexibility index (Phi) is 11.1. The number of hydrogen-bond acceptors (Lipinski definition) is 4. The Bertz CT molecular complexity index is 1720. The average molecular weight is 652 g/mol. The summed E-state index contributed by atoms with van der Waals surface area (Å²) >= 11 is 0. The maximum Gasteiger partial charge on any atom is 0.264 e. The van der Waals surface area contributed by atoms with Gasteiger partial charge in [0.1, 0.15) is 12.6 Å². The molecular weight excluding hydrogens is 607 g/mol. The van der Waals surface area contributed by atoms with E-state index in [2.05, 4.69) is 19.2 Å². The maximum absolute atomic E-state index is 14.7. The zero-order valence-corrected chi connectivity index (χ0v) is 28.3. The molecule has 8 heteroatoms. The SMILES string of the molecule is Cc1ccc(CN(C(=O)CN(c2ccc(C(C)C)cc2)S(=O)(=O)c2ccccc2)C(Cc2ccccc2)C(=O)NC2CCCC2)cc1. The minimum absolute atomic E-state index is 0.0616. The van der Waals surface area contributed by atoms with E-state index in [0.29, 0.717) is 12.1 Å². The monoisotopic (exact) mass is 651 g/mol. The Labute approximate surface area is 279 Å². The number of nitrogens with one attached hydrogen (secondary N) is 1. The van der Waals surface area contributed by atoms with Crippen molar-refractivity contribution >= 4 is 27.5 Å². The standard InChI is InChI=1S/C39H45N3O4S/c1-29(2)33-22-24-35(25-23-33)42(47(45,46)36-16-8-5-9-17-36)28-38(43)41(27-32-20-18-30(3)19-21-32)37(26-31-12-6-4-7-13-31)39(44)40-34-14-10-11-15-34/h4-9,12-13,16-25,29,34,37H,10-11,14-15,26-28H2,1-3H3,(H,40,44). The number of aryl methyl sites for hydroxylation is 1. The van der Waals surface area contributed by atoms with Gasteiger partial charge in [-0.25, -0.2) is 8.42 Å². The molecule has 1 fully saturated rings. The molecule has 1 N–H and O–H groups in total. The molecule has 4 aromatic carbocycles. The van der Waals surface area contributed by atoms with Gasteiger partial charge in [0, 0.05) is 19.0 Å². The van der Waals surface area contributed by atoms with Crippen LogP contribution in [0.4, 0.5) is 5.69 Å². The van der Waals surface area contributed by atoms with Crippen LogP contribution in [0.3, 0.4) is 0 Å². The Hall–Kier alpha value is -4.43. The first-order valence-electron chi connectivity index (χ1n) is 16.5. The molecule has 0 radical (unpaired) electrons. The van der Waals surface area contributed by atoms with Gasteiger partial charge in [-0.2, -0.15) is 0 Å². The smallest absolute Gasteiger partial charge is 0.264 e. The van der Waals surface area contributed by atoms with Crippen molar-refractivity contribution in [2.24, 2.45) is 0 Å². The van der Waals surface area contributed by atoms with Gasteiger partial charge in [0.25, 0.3) is 10.0 Å². The molecule has 246 valence electrons. The molecule has 1 unspecified atom stereocenters. The Morgan fingerprint density at radius 3 is 1.98 bits per heavy atom. The molecule has 1 saturated carbocycles. The average Bonchev–Trinajstić information content (AvgIpc) is 3.60. The Morgan fingerprint density at radius 2 is 1.38 bits per heavy atom. The number of carbonyl (C=O) groups is 2. The number of nitrogens with zero attached hydrogens (tertiary/aromatic N) is 2. The number of sulfonamides is 1. The molecule has 1 aliphatic carbocycles. The summed E-state index contributed by atoms with van der Waals surface area (Å²) in [5.41, 5.74) is 4.30. The van der Waals surface area contributed by atoms with Crippen LogP contribution >= 0.6 is 0 Å². The molecule has 47 heavy (non-hydrogen) atoms. The lowest BCUT2D eigenvalue weighted by atomic mass is 10.0. The molecule has 1 atom stereocenters. The van der Waals surface area contributed by atoms with E-state index in [1.165, 1.54) is 16.4 Å². The van der Waals surface area contributed by atoms with Gasteiger partial charge in [0.15, 0.2) is 0 Å². The molecule has 0 aromatic heterocycles. The molecule has 4 aromatic rings. The molecule has 2 amide bonds. The van der Waals surface area contributed by atoms with Gasteiger partial charge in [-0.05, 0) is 66.6 Å². The summed E-state index contributed by atoms with van der Waals surface area (Å²) in [5, 5.41) is 3.22. The quantitative estimate of drug-likeness (QED) is 0.169. The highest BCUT2D eigenvalue weighted by Crippen LogP contribution is 2.27. The molecule has 0 spiro atoms. The molecule has 1 aliphatic rings. The number of anilines is 1. The first-order valence-corrected chi connectivity index (χ1v) is 17.9. The fourth-order valence-corrected chi connectivity index (χ4v) is 7.52.